The Kier molecular flexibility index (Phi) is 4.37. The van der Waals surface area contributed by atoms with E-state index in [0.717, 1.165) is 12.0 Å². The quantitative estimate of drug-likeness (QED) is 0.723. The molecule has 0 aliphatic rings. The molecule has 0 aliphatic heterocycles. The molecule has 6 nitrogen and oxygen atoms in total. The van der Waals surface area contributed by atoms with Gasteiger partial charge in [-0.15, -0.1) is 0 Å². The molecule has 0 saturated heterocycles. The van der Waals surface area contributed by atoms with Crippen LogP contribution in [0.4, 0.5) is 11.8 Å². The van der Waals surface area contributed by atoms with Crippen LogP contribution >= 0.6 is 11.6 Å². The average molecular weight is 292 g/mol. The predicted molar refractivity (Wildman–Crippen MR) is 78.6 cm³/mol. The summed E-state index contributed by atoms with van der Waals surface area (Å²) < 4.78 is 0. The number of primary amides is 1. The van der Waals surface area contributed by atoms with Crippen LogP contribution in [0.2, 0.25) is 5.15 Å². The number of nitrogens with two attached hydrogens (primary N) is 2. The van der Waals surface area contributed by atoms with Crippen molar-refractivity contribution < 1.29 is 4.79 Å². The second-order valence-corrected chi connectivity index (χ2v) is 4.56. The Balaban J connectivity index is 1.90. The molecule has 0 unspecified atom stereocenters. The molecule has 1 aromatic heterocycles. The number of nitrogens with one attached hydrogen (secondary N) is 1. The van der Waals surface area contributed by atoms with Gasteiger partial charge in [0.2, 0.25) is 11.9 Å². The van der Waals surface area contributed by atoms with Crippen LogP contribution in [0.3, 0.4) is 0 Å². The molecular weight excluding hydrogens is 278 g/mol. The van der Waals surface area contributed by atoms with Crippen LogP contribution in [-0.2, 0) is 6.42 Å². The van der Waals surface area contributed by atoms with E-state index in [1.54, 1.807) is 18.2 Å². The first-order valence-corrected chi connectivity index (χ1v) is 6.35. The Morgan fingerprint density at radius 2 is 1.95 bits per heavy atom. The van der Waals surface area contributed by atoms with Crippen molar-refractivity contribution >= 4 is 29.3 Å². The molecule has 0 atom stereocenters. The van der Waals surface area contributed by atoms with Crippen LogP contribution in [0.1, 0.15) is 15.9 Å². The Morgan fingerprint density at radius 3 is 2.55 bits per heavy atom. The van der Waals surface area contributed by atoms with Crippen molar-refractivity contribution in [3.8, 4) is 0 Å². The van der Waals surface area contributed by atoms with Gasteiger partial charge >= 0.3 is 0 Å². The zero-order chi connectivity index (χ0) is 14.5. The van der Waals surface area contributed by atoms with E-state index in [-0.39, 0.29) is 5.95 Å². The lowest BCUT2D eigenvalue weighted by Gasteiger charge is -2.07. The molecule has 1 aromatic carbocycles. The molecule has 5 N–H and O–H groups in total. The average Bonchev–Trinajstić information content (AvgIpc) is 2.38. The maximum absolute atomic E-state index is 10.9. The van der Waals surface area contributed by atoms with Crippen molar-refractivity contribution in [1.82, 2.24) is 9.97 Å². The van der Waals surface area contributed by atoms with Crippen LogP contribution in [0.25, 0.3) is 0 Å². The molecular formula is C13H14ClN5O. The highest BCUT2D eigenvalue weighted by molar-refractivity contribution is 6.29. The predicted octanol–water partition coefficient (Wildman–Crippen LogP) is 1.47. The first-order chi connectivity index (χ1) is 9.54. The lowest BCUT2D eigenvalue weighted by atomic mass is 10.1. The van der Waals surface area contributed by atoms with Crippen LogP contribution in [0, 0.1) is 0 Å². The lowest BCUT2D eigenvalue weighted by Crippen LogP contribution is -2.11. The van der Waals surface area contributed by atoms with Crippen LogP contribution in [0.5, 0.6) is 0 Å². The lowest BCUT2D eigenvalue weighted by molar-refractivity contribution is 0.100. The second-order valence-electron chi connectivity index (χ2n) is 4.17. The largest absolute Gasteiger partial charge is 0.370 e. The summed E-state index contributed by atoms with van der Waals surface area (Å²) in [6, 6.07) is 8.74. The third kappa shape index (κ3) is 3.83. The maximum Gasteiger partial charge on any atom is 0.248 e. The number of nitrogen functional groups attached to an aromatic ring is 1. The minimum Gasteiger partial charge on any atom is -0.370 e. The summed E-state index contributed by atoms with van der Waals surface area (Å²) in [6.07, 6.45) is 0.764. The minimum atomic E-state index is -0.430. The van der Waals surface area contributed by atoms with Gasteiger partial charge in [-0.3, -0.25) is 4.79 Å². The van der Waals surface area contributed by atoms with Gasteiger partial charge in [0.25, 0.3) is 0 Å². The van der Waals surface area contributed by atoms with Gasteiger partial charge in [-0.25, -0.2) is 4.98 Å². The molecule has 2 rings (SSSR count). The van der Waals surface area contributed by atoms with Crippen LogP contribution in [0.15, 0.2) is 30.3 Å². The number of nitrogens with zero attached hydrogens (tertiary/aromatic N) is 2. The molecule has 20 heavy (non-hydrogen) atoms. The Morgan fingerprint density at radius 1 is 1.25 bits per heavy atom. The molecule has 0 radical (unpaired) electrons. The molecule has 2 aromatic rings. The second kappa shape index (κ2) is 6.21. The minimum absolute atomic E-state index is 0.130. The molecule has 0 spiro atoms. The van der Waals surface area contributed by atoms with E-state index in [9.17, 15) is 4.79 Å². The number of hydrogen-bond acceptors (Lipinski definition) is 5. The number of rotatable bonds is 5. The number of anilines is 2. The van der Waals surface area contributed by atoms with E-state index >= 15 is 0 Å². The fourth-order valence-corrected chi connectivity index (χ4v) is 1.89. The van der Waals surface area contributed by atoms with E-state index in [2.05, 4.69) is 15.3 Å². The normalized spacial score (nSPS) is 10.2. The highest BCUT2D eigenvalue weighted by atomic mass is 35.5. The van der Waals surface area contributed by atoms with E-state index in [4.69, 9.17) is 23.1 Å². The van der Waals surface area contributed by atoms with E-state index < -0.39 is 5.91 Å². The topological polar surface area (TPSA) is 107 Å². The SMILES string of the molecule is NC(=O)c1ccc(CCNc2cc(Cl)nc(N)n2)cc1. The number of halogens is 1. The number of amides is 1. The first-order valence-electron chi connectivity index (χ1n) is 5.97. The highest BCUT2D eigenvalue weighted by Crippen LogP contribution is 2.12. The van der Waals surface area contributed by atoms with E-state index in [0.29, 0.717) is 23.1 Å². The van der Waals surface area contributed by atoms with Crippen molar-refractivity contribution in [2.75, 3.05) is 17.6 Å². The van der Waals surface area contributed by atoms with Gasteiger partial charge in [0.15, 0.2) is 0 Å². The Bertz CT molecular complexity index is 594. The van der Waals surface area contributed by atoms with E-state index in [1.165, 1.54) is 0 Å². The van der Waals surface area contributed by atoms with Crippen molar-refractivity contribution in [2.24, 2.45) is 5.73 Å². The number of aromatic nitrogens is 2. The zero-order valence-corrected chi connectivity index (χ0v) is 11.4. The Labute approximate surface area is 121 Å². The summed E-state index contributed by atoms with van der Waals surface area (Å²) in [7, 11) is 0. The summed E-state index contributed by atoms with van der Waals surface area (Å²) in [5, 5.41) is 3.40. The third-order valence-corrected chi connectivity index (χ3v) is 2.86. The molecule has 0 bridgehead atoms. The fraction of sp³-hybridized carbons (Fsp3) is 0.154. The molecule has 0 aliphatic carbocycles. The standard InChI is InChI=1S/C13H14ClN5O/c14-10-7-11(19-13(16)18-10)17-6-5-8-1-3-9(4-2-8)12(15)20/h1-4,7H,5-6H2,(H2,15,20)(H3,16,17,18,19). The fourth-order valence-electron chi connectivity index (χ4n) is 1.70. The van der Waals surface area contributed by atoms with Crippen molar-refractivity contribution in [3.63, 3.8) is 0 Å². The van der Waals surface area contributed by atoms with Crippen molar-refractivity contribution in [2.45, 2.75) is 6.42 Å². The number of hydrogen-bond donors (Lipinski definition) is 3. The van der Waals surface area contributed by atoms with Gasteiger partial charge in [-0.1, -0.05) is 23.7 Å². The van der Waals surface area contributed by atoms with Crippen molar-refractivity contribution in [3.05, 3.63) is 46.6 Å². The van der Waals surface area contributed by atoms with Gasteiger partial charge in [0.05, 0.1) is 0 Å². The van der Waals surface area contributed by atoms with Crippen LogP contribution in [-0.4, -0.2) is 22.4 Å². The van der Waals surface area contributed by atoms with Crippen molar-refractivity contribution in [1.29, 1.82) is 0 Å². The summed E-state index contributed by atoms with van der Waals surface area (Å²) in [6.45, 7) is 0.655. The molecule has 0 saturated carbocycles. The van der Waals surface area contributed by atoms with Crippen LogP contribution < -0.4 is 16.8 Å². The van der Waals surface area contributed by atoms with Gasteiger partial charge < -0.3 is 16.8 Å². The molecule has 0 fully saturated rings. The molecule has 7 heteroatoms. The zero-order valence-electron chi connectivity index (χ0n) is 10.6. The summed E-state index contributed by atoms with van der Waals surface area (Å²) in [4.78, 5) is 18.7. The van der Waals surface area contributed by atoms with Gasteiger partial charge in [-0.2, -0.15) is 4.98 Å². The molecule has 1 heterocycles. The summed E-state index contributed by atoms with van der Waals surface area (Å²) >= 11 is 5.78. The first kappa shape index (κ1) is 14.1. The third-order valence-electron chi connectivity index (χ3n) is 2.67. The van der Waals surface area contributed by atoms with Gasteiger partial charge in [0.1, 0.15) is 11.0 Å². The molecule has 104 valence electrons. The number of benzene rings is 1. The summed E-state index contributed by atoms with van der Waals surface area (Å²) in [5.41, 5.74) is 12.3. The number of carbonyl (C=O) groups excluding carboxylic acids is 1. The smallest absolute Gasteiger partial charge is 0.248 e. The molecule has 1 amide bonds. The van der Waals surface area contributed by atoms with Gasteiger partial charge in [0, 0.05) is 18.2 Å². The highest BCUT2D eigenvalue weighted by Gasteiger charge is 2.02. The van der Waals surface area contributed by atoms with E-state index in [1.807, 2.05) is 12.1 Å². The Hall–Kier alpha value is -2.34. The maximum atomic E-state index is 10.9. The summed E-state index contributed by atoms with van der Waals surface area (Å²) in [5.74, 6) is 0.280. The number of carbonyl (C=O) groups is 1. The monoisotopic (exact) mass is 291 g/mol. The van der Waals surface area contributed by atoms with Gasteiger partial charge in [-0.05, 0) is 24.1 Å².